The van der Waals surface area contributed by atoms with Crippen molar-refractivity contribution >= 4 is 5.91 Å². The maximum absolute atomic E-state index is 13.2. The summed E-state index contributed by atoms with van der Waals surface area (Å²) < 4.78 is 13.2. The van der Waals surface area contributed by atoms with E-state index in [1.165, 1.54) is 12.1 Å². The molecule has 0 aliphatic heterocycles. The number of nitrogens with one attached hydrogen (secondary N) is 1. The summed E-state index contributed by atoms with van der Waals surface area (Å²) in [6.45, 7) is 0.147. The molecule has 0 radical (unpaired) electrons. The van der Waals surface area contributed by atoms with Gasteiger partial charge in [0.25, 0.3) is 5.91 Å². The molecule has 84 valence electrons. The minimum absolute atomic E-state index is 0.0669. The van der Waals surface area contributed by atoms with Crippen LogP contribution in [-0.4, -0.2) is 24.1 Å². The normalized spacial score (nSPS) is 9.31. The smallest absolute Gasteiger partial charge is 0.258 e. The lowest BCUT2D eigenvalue weighted by molar-refractivity contribution is 0.0948. The van der Waals surface area contributed by atoms with E-state index in [1.54, 1.807) is 0 Å². The number of amides is 1. The molecule has 0 aromatic heterocycles. The molecule has 0 aliphatic rings. The summed E-state index contributed by atoms with van der Waals surface area (Å²) >= 11 is 0. The summed E-state index contributed by atoms with van der Waals surface area (Å²) in [5.41, 5.74) is 7.57. The number of hydrogen-bond acceptors (Lipinski definition) is 3. The van der Waals surface area contributed by atoms with Crippen molar-refractivity contribution in [1.29, 1.82) is 0 Å². The van der Waals surface area contributed by atoms with E-state index in [4.69, 9.17) is 5.53 Å². The van der Waals surface area contributed by atoms with E-state index in [0.29, 0.717) is 0 Å². The van der Waals surface area contributed by atoms with Gasteiger partial charge in [0.2, 0.25) is 0 Å². The van der Waals surface area contributed by atoms with E-state index >= 15 is 0 Å². The number of aromatic hydroxyl groups is 1. The van der Waals surface area contributed by atoms with Gasteiger partial charge in [-0.25, -0.2) is 4.39 Å². The fourth-order valence-corrected chi connectivity index (χ4v) is 1.09. The second kappa shape index (κ2) is 5.57. The van der Waals surface area contributed by atoms with Crippen LogP contribution in [0.1, 0.15) is 10.4 Å². The third kappa shape index (κ3) is 2.86. The molecule has 7 heteroatoms. The number of azide groups is 1. The number of rotatable bonds is 4. The molecule has 1 rings (SSSR count). The van der Waals surface area contributed by atoms with E-state index in [2.05, 4.69) is 15.3 Å². The first-order valence-electron chi connectivity index (χ1n) is 4.43. The lowest BCUT2D eigenvalue weighted by atomic mass is 10.2. The minimum Gasteiger partial charge on any atom is -0.507 e. The molecule has 0 saturated carbocycles. The van der Waals surface area contributed by atoms with Gasteiger partial charge in [0.15, 0.2) is 0 Å². The fourth-order valence-electron chi connectivity index (χ4n) is 1.09. The number of carbonyl (C=O) groups is 1. The molecule has 1 aromatic rings. The summed E-state index contributed by atoms with van der Waals surface area (Å²) in [4.78, 5) is 13.9. The molecule has 2 N–H and O–H groups in total. The molecule has 0 fully saturated rings. The number of phenolic OH excluding ortho intramolecular Hbond substituents is 1. The summed E-state index contributed by atoms with van der Waals surface area (Å²) in [7, 11) is 0. The zero-order valence-electron chi connectivity index (χ0n) is 8.22. The second-order valence-electron chi connectivity index (χ2n) is 2.84. The van der Waals surface area contributed by atoms with E-state index in [-0.39, 0.29) is 13.1 Å². The summed E-state index contributed by atoms with van der Waals surface area (Å²) in [6.07, 6.45) is 0. The Morgan fingerprint density at radius 3 is 3.00 bits per heavy atom. The molecule has 0 aliphatic carbocycles. The monoisotopic (exact) mass is 224 g/mol. The molecule has 16 heavy (non-hydrogen) atoms. The van der Waals surface area contributed by atoms with Crippen LogP contribution in [0.3, 0.4) is 0 Å². The van der Waals surface area contributed by atoms with Crippen LogP contribution in [0.2, 0.25) is 0 Å². The van der Waals surface area contributed by atoms with E-state index < -0.39 is 23.0 Å². The quantitative estimate of drug-likeness (QED) is 0.351. The number of hydrogen-bond donors (Lipinski definition) is 2. The maximum Gasteiger partial charge on any atom is 0.258 e. The molecule has 1 amide bonds. The van der Waals surface area contributed by atoms with Crippen molar-refractivity contribution in [3.05, 3.63) is 40.0 Å². The van der Waals surface area contributed by atoms with Gasteiger partial charge in [-0.3, -0.25) is 4.79 Å². The minimum atomic E-state index is -0.804. The van der Waals surface area contributed by atoms with Gasteiger partial charge in [-0.05, 0) is 17.7 Å². The Labute approximate surface area is 90.3 Å². The maximum atomic E-state index is 13.2. The van der Waals surface area contributed by atoms with Crippen LogP contribution in [0.4, 0.5) is 4.39 Å². The Bertz CT molecular complexity index is 423. The van der Waals surface area contributed by atoms with Crippen LogP contribution in [0, 0.1) is 5.82 Å². The molecule has 0 unspecified atom stereocenters. The van der Waals surface area contributed by atoms with Crippen molar-refractivity contribution < 1.29 is 14.3 Å². The van der Waals surface area contributed by atoms with E-state index in [9.17, 15) is 14.3 Å². The van der Waals surface area contributed by atoms with Gasteiger partial charge in [0, 0.05) is 18.0 Å². The van der Waals surface area contributed by atoms with Crippen LogP contribution in [0.5, 0.6) is 5.75 Å². The SMILES string of the molecule is [N-]=[N+]=NCCNC(=O)c1c(O)cccc1F. The Morgan fingerprint density at radius 1 is 1.62 bits per heavy atom. The van der Waals surface area contributed by atoms with Gasteiger partial charge in [-0.15, -0.1) is 0 Å². The molecular weight excluding hydrogens is 215 g/mol. The largest absolute Gasteiger partial charge is 0.507 e. The fraction of sp³-hybridized carbons (Fsp3) is 0.222. The highest BCUT2D eigenvalue weighted by atomic mass is 19.1. The third-order valence-corrected chi connectivity index (χ3v) is 1.78. The third-order valence-electron chi connectivity index (χ3n) is 1.78. The Kier molecular flexibility index (Phi) is 4.11. The van der Waals surface area contributed by atoms with Crippen molar-refractivity contribution in [1.82, 2.24) is 5.32 Å². The topological polar surface area (TPSA) is 98.1 Å². The highest BCUT2D eigenvalue weighted by molar-refractivity contribution is 5.97. The highest BCUT2D eigenvalue weighted by Crippen LogP contribution is 2.19. The Morgan fingerprint density at radius 2 is 2.38 bits per heavy atom. The first kappa shape index (κ1) is 11.8. The molecule has 0 spiro atoms. The first-order chi connectivity index (χ1) is 7.66. The van der Waals surface area contributed by atoms with Crippen molar-refractivity contribution in [3.8, 4) is 5.75 Å². The highest BCUT2D eigenvalue weighted by Gasteiger charge is 2.15. The van der Waals surface area contributed by atoms with Crippen LogP contribution >= 0.6 is 0 Å². The summed E-state index contributed by atoms with van der Waals surface area (Å²) in [5.74, 6) is -1.98. The van der Waals surface area contributed by atoms with E-state index in [0.717, 1.165) is 6.07 Å². The lowest BCUT2D eigenvalue weighted by Gasteiger charge is -2.05. The lowest BCUT2D eigenvalue weighted by Crippen LogP contribution is -2.26. The zero-order valence-corrected chi connectivity index (χ0v) is 8.22. The number of halogens is 1. The number of phenols is 1. The second-order valence-corrected chi connectivity index (χ2v) is 2.84. The van der Waals surface area contributed by atoms with Crippen LogP contribution in [0.15, 0.2) is 23.3 Å². The average molecular weight is 224 g/mol. The van der Waals surface area contributed by atoms with E-state index in [1.807, 2.05) is 0 Å². The van der Waals surface area contributed by atoms with Gasteiger partial charge in [0.05, 0.1) is 0 Å². The van der Waals surface area contributed by atoms with Crippen molar-refractivity contribution in [2.24, 2.45) is 5.11 Å². The molecule has 0 bridgehead atoms. The van der Waals surface area contributed by atoms with Crippen LogP contribution in [0.25, 0.3) is 10.4 Å². The first-order valence-corrected chi connectivity index (χ1v) is 4.43. The molecule has 0 atom stereocenters. The van der Waals surface area contributed by atoms with Gasteiger partial charge < -0.3 is 10.4 Å². The Hall–Kier alpha value is -2.27. The number of benzene rings is 1. The predicted molar refractivity (Wildman–Crippen MR) is 54.4 cm³/mol. The molecule has 0 saturated heterocycles. The van der Waals surface area contributed by atoms with Crippen molar-refractivity contribution in [2.45, 2.75) is 0 Å². The standard InChI is InChI=1S/C9H9FN4O2/c10-6-2-1-3-7(15)8(6)9(16)12-4-5-13-14-11/h1-3,15H,4-5H2,(H,12,16). The van der Waals surface area contributed by atoms with Crippen molar-refractivity contribution in [2.75, 3.05) is 13.1 Å². The van der Waals surface area contributed by atoms with Crippen molar-refractivity contribution in [3.63, 3.8) is 0 Å². The molecular formula is C9H9FN4O2. The van der Waals surface area contributed by atoms with Gasteiger partial charge in [-0.2, -0.15) is 0 Å². The number of carbonyl (C=O) groups excluding carboxylic acids is 1. The number of nitrogens with zero attached hydrogens (tertiary/aromatic N) is 3. The average Bonchev–Trinajstić information content (AvgIpc) is 2.24. The summed E-state index contributed by atoms with van der Waals surface area (Å²) in [5, 5.41) is 14.8. The van der Waals surface area contributed by atoms with Gasteiger partial charge >= 0.3 is 0 Å². The van der Waals surface area contributed by atoms with Gasteiger partial charge in [-0.1, -0.05) is 11.2 Å². The Balaban J connectivity index is 2.69. The zero-order chi connectivity index (χ0) is 12.0. The molecule has 0 heterocycles. The van der Waals surface area contributed by atoms with Gasteiger partial charge in [0.1, 0.15) is 17.1 Å². The molecule has 1 aromatic carbocycles. The summed E-state index contributed by atoms with van der Waals surface area (Å²) in [6, 6.07) is 3.58. The predicted octanol–water partition coefficient (Wildman–Crippen LogP) is 1.57. The molecule has 6 nitrogen and oxygen atoms in total. The van der Waals surface area contributed by atoms with Crippen LogP contribution in [-0.2, 0) is 0 Å². The van der Waals surface area contributed by atoms with Crippen LogP contribution < -0.4 is 5.32 Å².